The minimum absolute atomic E-state index is 0.200. The third-order valence-corrected chi connectivity index (χ3v) is 5.27. The van der Waals surface area contributed by atoms with E-state index in [-0.39, 0.29) is 17.6 Å². The zero-order valence-electron chi connectivity index (χ0n) is 13.7. The number of amides is 2. The first-order valence-electron chi connectivity index (χ1n) is 7.82. The molecule has 0 unspecified atom stereocenters. The molecule has 132 valence electrons. The van der Waals surface area contributed by atoms with Crippen LogP contribution in [0.1, 0.15) is 15.9 Å². The zero-order valence-corrected chi connectivity index (χ0v) is 15.3. The lowest BCUT2D eigenvalue weighted by Crippen LogP contribution is -2.25. The summed E-state index contributed by atoms with van der Waals surface area (Å²) in [7, 11) is 0. The highest BCUT2D eigenvalue weighted by molar-refractivity contribution is 8.01. The molecule has 2 N–H and O–H groups in total. The first-order chi connectivity index (χ1) is 12.7. The van der Waals surface area contributed by atoms with Gasteiger partial charge in [0.1, 0.15) is 5.51 Å². The molecule has 1 heterocycles. The van der Waals surface area contributed by atoms with Crippen LogP contribution in [0.5, 0.6) is 0 Å². The van der Waals surface area contributed by atoms with Crippen molar-refractivity contribution in [1.29, 1.82) is 0 Å². The Balaban J connectivity index is 1.59. The lowest BCUT2D eigenvalue weighted by Gasteiger charge is -2.11. The maximum absolute atomic E-state index is 12.5. The standard InChI is InChI=1S/C18H16N4O2S2/c23-16(11-25-18-22-20-12-26-18)21-15-9-5-4-8-14(15)17(24)19-10-13-6-2-1-3-7-13/h1-9,12H,10-11H2,(H,19,24)(H,21,23). The normalized spacial score (nSPS) is 10.3. The summed E-state index contributed by atoms with van der Waals surface area (Å²) >= 11 is 2.69. The van der Waals surface area contributed by atoms with E-state index >= 15 is 0 Å². The predicted molar refractivity (Wildman–Crippen MR) is 103 cm³/mol. The van der Waals surface area contributed by atoms with E-state index in [0.29, 0.717) is 17.8 Å². The summed E-state index contributed by atoms with van der Waals surface area (Å²) in [4.78, 5) is 24.6. The molecule has 2 aromatic carbocycles. The molecule has 0 aliphatic heterocycles. The van der Waals surface area contributed by atoms with E-state index in [1.54, 1.807) is 29.8 Å². The molecular formula is C18H16N4O2S2. The van der Waals surface area contributed by atoms with Crippen LogP contribution < -0.4 is 10.6 Å². The molecule has 8 heteroatoms. The molecule has 6 nitrogen and oxygen atoms in total. The van der Waals surface area contributed by atoms with E-state index < -0.39 is 0 Å². The Morgan fingerprint density at radius 1 is 1.04 bits per heavy atom. The molecular weight excluding hydrogens is 368 g/mol. The summed E-state index contributed by atoms with van der Waals surface area (Å²) in [6.45, 7) is 0.425. The van der Waals surface area contributed by atoms with Gasteiger partial charge in [-0.2, -0.15) is 0 Å². The highest BCUT2D eigenvalue weighted by atomic mass is 32.2. The van der Waals surface area contributed by atoms with Crippen LogP contribution in [-0.2, 0) is 11.3 Å². The molecule has 0 saturated heterocycles. The lowest BCUT2D eigenvalue weighted by molar-refractivity contribution is -0.113. The summed E-state index contributed by atoms with van der Waals surface area (Å²) in [5, 5.41) is 13.3. The van der Waals surface area contributed by atoms with E-state index in [2.05, 4.69) is 20.8 Å². The summed E-state index contributed by atoms with van der Waals surface area (Å²) in [6, 6.07) is 16.6. The third kappa shape index (κ3) is 5.14. The van der Waals surface area contributed by atoms with Crippen molar-refractivity contribution in [2.75, 3.05) is 11.1 Å². The topological polar surface area (TPSA) is 84.0 Å². The predicted octanol–water partition coefficient (Wildman–Crippen LogP) is 3.20. The van der Waals surface area contributed by atoms with Gasteiger partial charge in [0.05, 0.1) is 17.0 Å². The molecule has 0 spiro atoms. The second-order valence-corrected chi connectivity index (χ2v) is 7.31. The molecule has 3 rings (SSSR count). The minimum Gasteiger partial charge on any atom is -0.348 e. The van der Waals surface area contributed by atoms with Crippen molar-refractivity contribution in [2.24, 2.45) is 0 Å². The Bertz CT molecular complexity index is 870. The van der Waals surface area contributed by atoms with Crippen LogP contribution in [-0.4, -0.2) is 27.8 Å². The van der Waals surface area contributed by atoms with Gasteiger partial charge in [-0.15, -0.1) is 10.2 Å². The second kappa shape index (κ2) is 9.12. The smallest absolute Gasteiger partial charge is 0.253 e. The van der Waals surface area contributed by atoms with Crippen molar-refractivity contribution in [3.63, 3.8) is 0 Å². The molecule has 0 aliphatic rings. The van der Waals surface area contributed by atoms with E-state index in [0.717, 1.165) is 9.90 Å². The highest BCUT2D eigenvalue weighted by Crippen LogP contribution is 2.20. The maximum Gasteiger partial charge on any atom is 0.253 e. The Kier molecular flexibility index (Phi) is 6.34. The van der Waals surface area contributed by atoms with Crippen molar-refractivity contribution < 1.29 is 9.59 Å². The monoisotopic (exact) mass is 384 g/mol. The van der Waals surface area contributed by atoms with Gasteiger partial charge in [-0.25, -0.2) is 0 Å². The number of benzene rings is 2. The first kappa shape index (κ1) is 18.1. The Morgan fingerprint density at radius 2 is 1.81 bits per heavy atom. The first-order valence-corrected chi connectivity index (χ1v) is 9.69. The number of para-hydroxylation sites is 1. The summed E-state index contributed by atoms with van der Waals surface area (Å²) in [6.07, 6.45) is 0. The average Bonchev–Trinajstić information content (AvgIpc) is 3.19. The number of anilines is 1. The minimum atomic E-state index is -0.235. The average molecular weight is 384 g/mol. The van der Waals surface area contributed by atoms with Crippen molar-refractivity contribution in [1.82, 2.24) is 15.5 Å². The Labute approximate surface area is 159 Å². The van der Waals surface area contributed by atoms with Crippen LogP contribution in [0.25, 0.3) is 0 Å². The fraction of sp³-hybridized carbons (Fsp3) is 0.111. The molecule has 0 bridgehead atoms. The van der Waals surface area contributed by atoms with Crippen molar-refractivity contribution >= 4 is 40.6 Å². The fourth-order valence-electron chi connectivity index (χ4n) is 2.20. The molecule has 1 aromatic heterocycles. The quantitative estimate of drug-likeness (QED) is 0.611. The van der Waals surface area contributed by atoms with Gasteiger partial charge < -0.3 is 10.6 Å². The van der Waals surface area contributed by atoms with Gasteiger partial charge >= 0.3 is 0 Å². The second-order valence-electron chi connectivity index (χ2n) is 5.26. The molecule has 2 amide bonds. The summed E-state index contributed by atoms with van der Waals surface area (Å²) in [5.41, 5.74) is 3.54. The molecule has 3 aromatic rings. The largest absolute Gasteiger partial charge is 0.348 e. The van der Waals surface area contributed by atoms with Gasteiger partial charge in [0.15, 0.2) is 4.34 Å². The molecule has 0 fully saturated rings. The number of carbonyl (C=O) groups is 2. The molecule has 0 saturated carbocycles. The van der Waals surface area contributed by atoms with Crippen LogP contribution in [0.2, 0.25) is 0 Å². The summed E-state index contributed by atoms with van der Waals surface area (Å²) < 4.78 is 0.731. The Morgan fingerprint density at radius 3 is 2.58 bits per heavy atom. The maximum atomic E-state index is 12.5. The number of aromatic nitrogens is 2. The third-order valence-electron chi connectivity index (χ3n) is 3.41. The van der Waals surface area contributed by atoms with E-state index in [1.807, 2.05) is 30.3 Å². The lowest BCUT2D eigenvalue weighted by atomic mass is 10.1. The van der Waals surface area contributed by atoms with E-state index in [9.17, 15) is 9.59 Å². The molecule has 0 atom stereocenters. The van der Waals surface area contributed by atoms with E-state index in [1.165, 1.54) is 23.1 Å². The zero-order chi connectivity index (χ0) is 18.2. The van der Waals surface area contributed by atoms with Gasteiger partial charge in [-0.05, 0) is 17.7 Å². The van der Waals surface area contributed by atoms with Gasteiger partial charge in [0.2, 0.25) is 5.91 Å². The molecule has 0 radical (unpaired) electrons. The van der Waals surface area contributed by atoms with Gasteiger partial charge in [-0.3, -0.25) is 9.59 Å². The number of nitrogens with one attached hydrogen (secondary N) is 2. The number of carbonyl (C=O) groups excluding carboxylic acids is 2. The molecule has 0 aliphatic carbocycles. The van der Waals surface area contributed by atoms with Crippen LogP contribution in [0.15, 0.2) is 64.4 Å². The van der Waals surface area contributed by atoms with Crippen molar-refractivity contribution in [3.8, 4) is 0 Å². The van der Waals surface area contributed by atoms with Crippen molar-refractivity contribution in [2.45, 2.75) is 10.9 Å². The van der Waals surface area contributed by atoms with Gasteiger partial charge in [0.25, 0.3) is 5.91 Å². The van der Waals surface area contributed by atoms with E-state index in [4.69, 9.17) is 0 Å². The van der Waals surface area contributed by atoms with Gasteiger partial charge in [-0.1, -0.05) is 65.6 Å². The van der Waals surface area contributed by atoms with Crippen LogP contribution in [0.4, 0.5) is 5.69 Å². The van der Waals surface area contributed by atoms with Crippen LogP contribution in [0.3, 0.4) is 0 Å². The van der Waals surface area contributed by atoms with Gasteiger partial charge in [0, 0.05) is 6.54 Å². The Hall–Kier alpha value is -2.71. The SMILES string of the molecule is O=C(CSc1nncs1)Nc1ccccc1C(=O)NCc1ccccc1. The number of hydrogen-bond acceptors (Lipinski definition) is 6. The van der Waals surface area contributed by atoms with Crippen molar-refractivity contribution in [3.05, 3.63) is 71.2 Å². The summed E-state index contributed by atoms with van der Waals surface area (Å²) in [5.74, 6) is -0.232. The number of rotatable bonds is 7. The number of nitrogens with zero attached hydrogens (tertiary/aromatic N) is 2. The highest BCUT2D eigenvalue weighted by Gasteiger charge is 2.13. The number of hydrogen-bond donors (Lipinski definition) is 2. The van der Waals surface area contributed by atoms with Crippen LogP contribution in [0, 0.1) is 0 Å². The number of thioether (sulfide) groups is 1. The molecule has 26 heavy (non-hydrogen) atoms. The van der Waals surface area contributed by atoms with Crippen LogP contribution >= 0.6 is 23.1 Å². The fourth-order valence-corrected chi connectivity index (χ4v) is 3.49.